The third-order valence-electron chi connectivity index (χ3n) is 4.22. The molecule has 2 amide bonds. The summed E-state index contributed by atoms with van der Waals surface area (Å²) in [6.45, 7) is 6.61. The number of likely N-dealkylation sites (tertiary alicyclic amines) is 1. The Balaban J connectivity index is 0.00000288. The van der Waals surface area contributed by atoms with Crippen molar-refractivity contribution in [1.82, 2.24) is 20.9 Å². The van der Waals surface area contributed by atoms with Crippen LogP contribution in [0.4, 0.5) is 0 Å². The van der Waals surface area contributed by atoms with Crippen LogP contribution in [0.25, 0.3) is 0 Å². The standard InChI is InChI=1S/C16H29N5O2.HI/c1-11(2)15(23)21-9-6-13(10-21)20-16(17-3)19-8-7-18-14(22)12-4-5-12;/h11-13H,4-10H2,1-3H3,(H,18,22)(H2,17,19,20);1H. The molecular weight excluding hydrogens is 421 g/mol. The van der Waals surface area contributed by atoms with Gasteiger partial charge >= 0.3 is 0 Å². The van der Waals surface area contributed by atoms with Gasteiger partial charge in [0, 0.05) is 51.1 Å². The van der Waals surface area contributed by atoms with Crippen LogP contribution in [0.2, 0.25) is 0 Å². The smallest absolute Gasteiger partial charge is 0.225 e. The van der Waals surface area contributed by atoms with E-state index in [9.17, 15) is 9.59 Å². The predicted octanol–water partition coefficient (Wildman–Crippen LogP) is 0.552. The number of aliphatic imine (C=N–C) groups is 1. The van der Waals surface area contributed by atoms with E-state index in [2.05, 4.69) is 20.9 Å². The van der Waals surface area contributed by atoms with Crippen LogP contribution in [-0.4, -0.2) is 61.9 Å². The molecule has 0 bridgehead atoms. The summed E-state index contributed by atoms with van der Waals surface area (Å²) in [5, 5.41) is 9.46. The Kier molecular flexibility index (Phi) is 8.79. The quantitative estimate of drug-likeness (QED) is 0.238. The Labute approximate surface area is 161 Å². The normalized spacial score (nSPS) is 20.6. The molecule has 3 N–H and O–H groups in total. The number of nitrogens with zero attached hydrogens (tertiary/aromatic N) is 2. The highest BCUT2D eigenvalue weighted by atomic mass is 127. The zero-order chi connectivity index (χ0) is 16.8. The van der Waals surface area contributed by atoms with Gasteiger partial charge in [0.2, 0.25) is 11.8 Å². The number of nitrogens with one attached hydrogen (secondary N) is 3. The minimum absolute atomic E-state index is 0. The topological polar surface area (TPSA) is 85.8 Å². The summed E-state index contributed by atoms with van der Waals surface area (Å²) in [5.41, 5.74) is 0. The maximum Gasteiger partial charge on any atom is 0.225 e. The molecule has 0 aromatic rings. The molecule has 2 rings (SSSR count). The van der Waals surface area contributed by atoms with Gasteiger partial charge in [-0.2, -0.15) is 0 Å². The van der Waals surface area contributed by atoms with Crippen molar-refractivity contribution in [1.29, 1.82) is 0 Å². The highest BCUT2D eigenvalue weighted by Crippen LogP contribution is 2.28. The Morgan fingerprint density at radius 2 is 1.83 bits per heavy atom. The van der Waals surface area contributed by atoms with E-state index in [1.54, 1.807) is 7.05 Å². The molecule has 0 spiro atoms. The number of amides is 2. The number of guanidine groups is 1. The monoisotopic (exact) mass is 451 g/mol. The van der Waals surface area contributed by atoms with Gasteiger partial charge in [0.25, 0.3) is 0 Å². The molecule has 1 unspecified atom stereocenters. The lowest BCUT2D eigenvalue weighted by molar-refractivity contribution is -0.133. The van der Waals surface area contributed by atoms with Crippen molar-refractivity contribution < 1.29 is 9.59 Å². The Bertz CT molecular complexity index is 465. The van der Waals surface area contributed by atoms with E-state index in [0.29, 0.717) is 13.1 Å². The molecule has 0 aromatic heterocycles. The molecule has 7 nitrogen and oxygen atoms in total. The van der Waals surface area contributed by atoms with E-state index in [0.717, 1.165) is 38.3 Å². The van der Waals surface area contributed by atoms with Crippen molar-refractivity contribution in [2.75, 3.05) is 33.2 Å². The second kappa shape index (κ2) is 10.0. The van der Waals surface area contributed by atoms with E-state index in [-0.39, 0.29) is 53.7 Å². The van der Waals surface area contributed by atoms with Gasteiger partial charge < -0.3 is 20.9 Å². The molecule has 1 saturated heterocycles. The summed E-state index contributed by atoms with van der Waals surface area (Å²) in [4.78, 5) is 29.6. The van der Waals surface area contributed by atoms with Crippen LogP contribution >= 0.6 is 24.0 Å². The second-order valence-corrected chi connectivity index (χ2v) is 6.63. The average molecular weight is 451 g/mol. The average Bonchev–Trinajstić information content (AvgIpc) is 3.29. The molecule has 0 radical (unpaired) electrons. The largest absolute Gasteiger partial charge is 0.355 e. The summed E-state index contributed by atoms with van der Waals surface area (Å²) in [6, 6.07) is 0.227. The Hall–Kier alpha value is -1.06. The third kappa shape index (κ3) is 6.45. The number of hydrogen-bond acceptors (Lipinski definition) is 3. The maximum atomic E-state index is 12.0. The van der Waals surface area contributed by atoms with Crippen LogP contribution in [0, 0.1) is 11.8 Å². The van der Waals surface area contributed by atoms with Crippen LogP contribution in [0.1, 0.15) is 33.1 Å². The highest BCUT2D eigenvalue weighted by molar-refractivity contribution is 14.0. The van der Waals surface area contributed by atoms with Crippen molar-refractivity contribution in [2.45, 2.75) is 39.2 Å². The first-order valence-corrected chi connectivity index (χ1v) is 8.55. The molecule has 138 valence electrons. The molecule has 1 atom stereocenters. The van der Waals surface area contributed by atoms with E-state index in [1.807, 2.05) is 18.7 Å². The van der Waals surface area contributed by atoms with Gasteiger partial charge in [0.1, 0.15) is 0 Å². The van der Waals surface area contributed by atoms with E-state index in [1.165, 1.54) is 0 Å². The number of carbonyl (C=O) groups is 2. The van der Waals surface area contributed by atoms with Gasteiger partial charge in [-0.15, -0.1) is 24.0 Å². The number of rotatable bonds is 6. The molecule has 2 fully saturated rings. The Morgan fingerprint density at radius 1 is 1.17 bits per heavy atom. The first-order chi connectivity index (χ1) is 11.0. The molecule has 24 heavy (non-hydrogen) atoms. The van der Waals surface area contributed by atoms with Gasteiger partial charge in [0.05, 0.1) is 0 Å². The van der Waals surface area contributed by atoms with Gasteiger partial charge in [-0.3, -0.25) is 14.6 Å². The molecule has 1 heterocycles. The van der Waals surface area contributed by atoms with Gasteiger partial charge in [0.15, 0.2) is 5.96 Å². The van der Waals surface area contributed by atoms with Gasteiger partial charge in [-0.25, -0.2) is 0 Å². The fourth-order valence-electron chi connectivity index (χ4n) is 2.69. The maximum absolute atomic E-state index is 12.0. The lowest BCUT2D eigenvalue weighted by Crippen LogP contribution is -2.47. The predicted molar refractivity (Wildman–Crippen MR) is 105 cm³/mol. The van der Waals surface area contributed by atoms with Crippen molar-refractivity contribution in [3.8, 4) is 0 Å². The summed E-state index contributed by atoms with van der Waals surface area (Å²) in [6.07, 6.45) is 2.98. The lowest BCUT2D eigenvalue weighted by atomic mass is 10.2. The van der Waals surface area contributed by atoms with E-state index < -0.39 is 0 Å². The van der Waals surface area contributed by atoms with Crippen molar-refractivity contribution >= 4 is 41.8 Å². The summed E-state index contributed by atoms with van der Waals surface area (Å²) in [5.74, 6) is 1.37. The van der Waals surface area contributed by atoms with E-state index in [4.69, 9.17) is 0 Å². The van der Waals surface area contributed by atoms with Crippen LogP contribution in [0.5, 0.6) is 0 Å². The van der Waals surface area contributed by atoms with Crippen LogP contribution in [0.3, 0.4) is 0 Å². The summed E-state index contributed by atoms with van der Waals surface area (Å²) < 4.78 is 0. The van der Waals surface area contributed by atoms with Crippen LogP contribution < -0.4 is 16.0 Å². The van der Waals surface area contributed by atoms with Crippen LogP contribution in [0.15, 0.2) is 4.99 Å². The number of carbonyl (C=O) groups excluding carboxylic acids is 2. The van der Waals surface area contributed by atoms with Crippen molar-refractivity contribution in [3.63, 3.8) is 0 Å². The summed E-state index contributed by atoms with van der Waals surface area (Å²) in [7, 11) is 1.73. The van der Waals surface area contributed by atoms with Crippen molar-refractivity contribution in [3.05, 3.63) is 0 Å². The first-order valence-electron chi connectivity index (χ1n) is 8.55. The van der Waals surface area contributed by atoms with Gasteiger partial charge in [-0.05, 0) is 19.3 Å². The highest BCUT2D eigenvalue weighted by Gasteiger charge is 2.29. The van der Waals surface area contributed by atoms with E-state index >= 15 is 0 Å². The zero-order valence-corrected chi connectivity index (χ0v) is 17.1. The first kappa shape index (κ1) is 21.0. The third-order valence-corrected chi connectivity index (χ3v) is 4.22. The molecule has 1 aliphatic carbocycles. The molecule has 0 aromatic carbocycles. The van der Waals surface area contributed by atoms with Crippen molar-refractivity contribution in [2.24, 2.45) is 16.8 Å². The zero-order valence-electron chi connectivity index (χ0n) is 14.8. The number of hydrogen-bond donors (Lipinski definition) is 3. The Morgan fingerprint density at radius 3 is 2.42 bits per heavy atom. The fourth-order valence-corrected chi connectivity index (χ4v) is 2.69. The van der Waals surface area contributed by atoms with Crippen LogP contribution in [-0.2, 0) is 9.59 Å². The lowest BCUT2D eigenvalue weighted by Gasteiger charge is -2.20. The van der Waals surface area contributed by atoms with Gasteiger partial charge in [-0.1, -0.05) is 13.8 Å². The number of halogens is 1. The second-order valence-electron chi connectivity index (χ2n) is 6.63. The fraction of sp³-hybridized carbons (Fsp3) is 0.812. The molecule has 1 aliphatic heterocycles. The molecule has 2 aliphatic rings. The summed E-state index contributed by atoms with van der Waals surface area (Å²) >= 11 is 0. The minimum Gasteiger partial charge on any atom is -0.355 e. The molecule has 8 heteroatoms. The SMILES string of the molecule is CN=C(NCCNC(=O)C1CC1)NC1CCN(C(=O)C(C)C)C1.I. The molecular formula is C16H30IN5O2. The minimum atomic E-state index is 0. The molecule has 1 saturated carbocycles.